The van der Waals surface area contributed by atoms with Crippen molar-refractivity contribution in [1.82, 2.24) is 14.8 Å². The van der Waals surface area contributed by atoms with Gasteiger partial charge in [0.2, 0.25) is 5.91 Å². The molecule has 0 spiro atoms. The Morgan fingerprint density at radius 1 is 1.04 bits per heavy atom. The second-order valence-electron chi connectivity index (χ2n) is 6.82. The van der Waals surface area contributed by atoms with Crippen molar-refractivity contribution >= 4 is 34.8 Å². The van der Waals surface area contributed by atoms with E-state index in [0.29, 0.717) is 42.5 Å². The summed E-state index contributed by atoms with van der Waals surface area (Å²) in [4.78, 5) is 31.9. The molecule has 0 aliphatic carbocycles. The fourth-order valence-corrected chi connectivity index (χ4v) is 3.62. The van der Waals surface area contributed by atoms with Gasteiger partial charge in [0.1, 0.15) is 0 Å². The fourth-order valence-electron chi connectivity index (χ4n) is 3.25. The minimum atomic E-state index is -0.0823. The average Bonchev–Trinajstić information content (AvgIpc) is 2.64. The molecule has 2 heterocycles. The number of piperazine rings is 1. The molecule has 7 heteroatoms. The summed E-state index contributed by atoms with van der Waals surface area (Å²) in [5, 5.41) is 3.90. The Labute approximate surface area is 164 Å². The van der Waals surface area contributed by atoms with Gasteiger partial charge in [-0.05, 0) is 37.1 Å². The molecular weight excluding hydrogens is 364 g/mol. The molecule has 27 heavy (non-hydrogen) atoms. The van der Waals surface area contributed by atoms with Crippen molar-refractivity contribution in [3.05, 3.63) is 52.3 Å². The molecule has 142 valence electrons. The number of anilines is 2. The van der Waals surface area contributed by atoms with Gasteiger partial charge in [-0.3, -0.25) is 14.6 Å². The van der Waals surface area contributed by atoms with E-state index in [9.17, 15) is 9.59 Å². The SMILES string of the molecule is CC(=O)N1CCN(C(=O)c2cncc(Nc3c(C)cc(C)cc3Cl)c2)CC1. The molecule has 1 aromatic carbocycles. The first-order valence-electron chi connectivity index (χ1n) is 8.89. The third-order valence-electron chi connectivity index (χ3n) is 4.70. The third-order valence-corrected chi connectivity index (χ3v) is 5.00. The van der Waals surface area contributed by atoms with Crippen LogP contribution in [-0.4, -0.2) is 52.8 Å². The quantitative estimate of drug-likeness (QED) is 0.878. The minimum absolute atomic E-state index is 0.0420. The first kappa shape index (κ1) is 19.2. The number of pyridine rings is 1. The lowest BCUT2D eigenvalue weighted by atomic mass is 10.1. The van der Waals surface area contributed by atoms with E-state index >= 15 is 0 Å². The van der Waals surface area contributed by atoms with Crippen molar-refractivity contribution < 1.29 is 9.59 Å². The molecular formula is C20H23ClN4O2. The maximum atomic E-state index is 12.8. The van der Waals surface area contributed by atoms with Crippen LogP contribution >= 0.6 is 11.6 Å². The number of aryl methyl sites for hydroxylation is 2. The molecule has 1 fully saturated rings. The van der Waals surface area contributed by atoms with E-state index in [4.69, 9.17) is 11.6 Å². The standard InChI is InChI=1S/C20H23ClN4O2/c1-13-8-14(2)19(18(21)9-13)23-17-10-16(11-22-12-17)20(27)25-6-4-24(5-7-25)15(3)26/h8-12,23H,4-7H2,1-3H3. The molecule has 1 aliphatic rings. The van der Waals surface area contributed by atoms with Crippen LogP contribution in [0.3, 0.4) is 0 Å². The lowest BCUT2D eigenvalue weighted by Gasteiger charge is -2.34. The molecule has 0 bridgehead atoms. The number of halogens is 1. The van der Waals surface area contributed by atoms with Gasteiger partial charge in [0.05, 0.1) is 28.2 Å². The number of rotatable bonds is 3. The van der Waals surface area contributed by atoms with Gasteiger partial charge in [0.25, 0.3) is 5.91 Å². The van der Waals surface area contributed by atoms with E-state index in [1.807, 2.05) is 26.0 Å². The van der Waals surface area contributed by atoms with Gasteiger partial charge < -0.3 is 15.1 Å². The van der Waals surface area contributed by atoms with Gasteiger partial charge in [0, 0.05) is 39.3 Å². The molecule has 2 aromatic rings. The van der Waals surface area contributed by atoms with Crippen LogP contribution in [0.1, 0.15) is 28.4 Å². The largest absolute Gasteiger partial charge is 0.353 e. The number of carbonyl (C=O) groups is 2. The average molecular weight is 387 g/mol. The first-order chi connectivity index (χ1) is 12.8. The molecule has 3 rings (SSSR count). The summed E-state index contributed by atoms with van der Waals surface area (Å²) in [6, 6.07) is 5.72. The van der Waals surface area contributed by atoms with Crippen molar-refractivity contribution in [2.45, 2.75) is 20.8 Å². The molecule has 0 atom stereocenters. The van der Waals surface area contributed by atoms with Gasteiger partial charge in [-0.25, -0.2) is 0 Å². The topological polar surface area (TPSA) is 65.5 Å². The van der Waals surface area contributed by atoms with Crippen LogP contribution in [0, 0.1) is 13.8 Å². The van der Waals surface area contributed by atoms with Gasteiger partial charge in [-0.2, -0.15) is 0 Å². The number of hydrogen-bond acceptors (Lipinski definition) is 4. The highest BCUT2D eigenvalue weighted by Crippen LogP contribution is 2.30. The number of benzene rings is 1. The Kier molecular flexibility index (Phi) is 5.65. The molecule has 1 aliphatic heterocycles. The highest BCUT2D eigenvalue weighted by molar-refractivity contribution is 6.33. The number of nitrogens with one attached hydrogen (secondary N) is 1. The summed E-state index contributed by atoms with van der Waals surface area (Å²) in [5.41, 5.74) is 4.14. The summed E-state index contributed by atoms with van der Waals surface area (Å²) in [6.07, 6.45) is 3.23. The van der Waals surface area contributed by atoms with E-state index in [2.05, 4.69) is 10.3 Å². The number of aromatic nitrogens is 1. The number of hydrogen-bond donors (Lipinski definition) is 1. The summed E-state index contributed by atoms with van der Waals surface area (Å²) in [7, 11) is 0. The van der Waals surface area contributed by atoms with Gasteiger partial charge in [-0.1, -0.05) is 17.7 Å². The lowest BCUT2D eigenvalue weighted by molar-refractivity contribution is -0.130. The monoisotopic (exact) mass is 386 g/mol. The Balaban J connectivity index is 1.74. The Morgan fingerprint density at radius 3 is 2.33 bits per heavy atom. The molecule has 6 nitrogen and oxygen atoms in total. The molecule has 1 aromatic heterocycles. The van der Waals surface area contributed by atoms with Crippen LogP contribution in [0.5, 0.6) is 0 Å². The second-order valence-corrected chi connectivity index (χ2v) is 7.23. The van der Waals surface area contributed by atoms with Crippen molar-refractivity contribution in [3.63, 3.8) is 0 Å². The molecule has 0 unspecified atom stereocenters. The van der Waals surface area contributed by atoms with Crippen molar-refractivity contribution in [3.8, 4) is 0 Å². The summed E-state index contributed by atoms with van der Waals surface area (Å²) >= 11 is 6.36. The predicted octanol–water partition coefficient (Wildman–Crippen LogP) is 3.40. The maximum absolute atomic E-state index is 12.8. The minimum Gasteiger partial charge on any atom is -0.353 e. The van der Waals surface area contributed by atoms with Crippen LogP contribution in [0.25, 0.3) is 0 Å². The second kappa shape index (κ2) is 7.96. The van der Waals surface area contributed by atoms with Crippen molar-refractivity contribution in [1.29, 1.82) is 0 Å². The number of amides is 2. The number of carbonyl (C=O) groups excluding carboxylic acids is 2. The van der Waals surface area contributed by atoms with Crippen LogP contribution in [0.15, 0.2) is 30.6 Å². The summed E-state index contributed by atoms with van der Waals surface area (Å²) in [6.45, 7) is 7.70. The van der Waals surface area contributed by atoms with Gasteiger partial charge in [-0.15, -0.1) is 0 Å². The fraction of sp³-hybridized carbons (Fsp3) is 0.350. The van der Waals surface area contributed by atoms with Crippen LogP contribution < -0.4 is 5.32 Å². The smallest absolute Gasteiger partial charge is 0.255 e. The third kappa shape index (κ3) is 4.39. The van der Waals surface area contributed by atoms with Crippen LogP contribution in [0.2, 0.25) is 5.02 Å². The zero-order valence-corrected chi connectivity index (χ0v) is 16.5. The lowest BCUT2D eigenvalue weighted by Crippen LogP contribution is -2.50. The number of nitrogens with zero attached hydrogens (tertiary/aromatic N) is 3. The van der Waals surface area contributed by atoms with E-state index in [-0.39, 0.29) is 11.8 Å². The Hall–Kier alpha value is -2.60. The normalized spacial score (nSPS) is 14.2. The van der Waals surface area contributed by atoms with Gasteiger partial charge in [0.15, 0.2) is 0 Å². The molecule has 0 saturated carbocycles. The van der Waals surface area contributed by atoms with Crippen molar-refractivity contribution in [2.24, 2.45) is 0 Å². The zero-order chi connectivity index (χ0) is 19.6. The summed E-state index contributed by atoms with van der Waals surface area (Å²) < 4.78 is 0. The first-order valence-corrected chi connectivity index (χ1v) is 9.26. The zero-order valence-electron chi connectivity index (χ0n) is 15.8. The Morgan fingerprint density at radius 2 is 1.70 bits per heavy atom. The highest BCUT2D eigenvalue weighted by Gasteiger charge is 2.23. The van der Waals surface area contributed by atoms with E-state index in [0.717, 1.165) is 16.8 Å². The van der Waals surface area contributed by atoms with E-state index in [1.54, 1.807) is 35.2 Å². The molecule has 1 N–H and O–H groups in total. The predicted molar refractivity (Wildman–Crippen MR) is 107 cm³/mol. The van der Waals surface area contributed by atoms with Crippen molar-refractivity contribution in [2.75, 3.05) is 31.5 Å². The Bertz CT molecular complexity index is 853. The van der Waals surface area contributed by atoms with Gasteiger partial charge >= 0.3 is 0 Å². The maximum Gasteiger partial charge on any atom is 0.255 e. The summed E-state index contributed by atoms with van der Waals surface area (Å²) in [5.74, 6) is -0.0404. The molecule has 1 saturated heterocycles. The molecule has 2 amide bonds. The van der Waals surface area contributed by atoms with Crippen LogP contribution in [-0.2, 0) is 4.79 Å². The molecule has 0 radical (unpaired) electrons. The van der Waals surface area contributed by atoms with E-state index < -0.39 is 0 Å². The van der Waals surface area contributed by atoms with E-state index in [1.165, 1.54) is 0 Å². The highest BCUT2D eigenvalue weighted by atomic mass is 35.5. The van der Waals surface area contributed by atoms with Crippen LogP contribution in [0.4, 0.5) is 11.4 Å².